The molecule has 0 radical (unpaired) electrons. The van der Waals surface area contributed by atoms with Gasteiger partial charge in [0, 0.05) is 18.5 Å². The van der Waals surface area contributed by atoms with Crippen molar-refractivity contribution in [1.29, 1.82) is 0 Å². The Morgan fingerprint density at radius 3 is 2.59 bits per heavy atom. The summed E-state index contributed by atoms with van der Waals surface area (Å²) in [5, 5.41) is 11.8. The van der Waals surface area contributed by atoms with Crippen LogP contribution in [-0.2, 0) is 9.59 Å². The Balaban J connectivity index is 1.78. The molecule has 0 aromatic heterocycles. The van der Waals surface area contributed by atoms with Crippen molar-refractivity contribution in [3.8, 4) is 0 Å². The Morgan fingerprint density at radius 1 is 1.29 bits per heavy atom. The van der Waals surface area contributed by atoms with Gasteiger partial charge in [-0.3, -0.25) is 9.59 Å². The summed E-state index contributed by atoms with van der Waals surface area (Å²) in [6, 6.07) is -0.258. The molecule has 0 aliphatic heterocycles. The maximum absolute atomic E-state index is 11.7. The summed E-state index contributed by atoms with van der Waals surface area (Å²) in [6.45, 7) is 0. The molecule has 5 heteroatoms. The number of nitrogens with one attached hydrogen (secondary N) is 1. The Kier molecular flexibility index (Phi) is 3.66. The van der Waals surface area contributed by atoms with Crippen LogP contribution in [0.25, 0.3) is 0 Å². The molecule has 17 heavy (non-hydrogen) atoms. The summed E-state index contributed by atoms with van der Waals surface area (Å²) in [5.74, 6) is -0.822. The molecule has 0 heterocycles. The average Bonchev–Trinajstić information content (AvgIpc) is 2.99. The van der Waals surface area contributed by atoms with Crippen LogP contribution in [0.15, 0.2) is 0 Å². The van der Waals surface area contributed by atoms with Crippen LogP contribution in [0.2, 0.25) is 0 Å². The van der Waals surface area contributed by atoms with E-state index in [2.05, 4.69) is 5.32 Å². The summed E-state index contributed by atoms with van der Waals surface area (Å²) >= 11 is 0. The quantitative estimate of drug-likeness (QED) is 0.652. The van der Waals surface area contributed by atoms with Crippen molar-refractivity contribution in [3.63, 3.8) is 0 Å². The molecule has 0 saturated heterocycles. The number of amides is 1. The van der Waals surface area contributed by atoms with Crippen molar-refractivity contribution < 1.29 is 14.7 Å². The summed E-state index contributed by atoms with van der Waals surface area (Å²) < 4.78 is 0. The minimum absolute atomic E-state index is 0.0559. The lowest BCUT2D eigenvalue weighted by Crippen LogP contribution is -2.42. The van der Waals surface area contributed by atoms with Gasteiger partial charge in [-0.2, -0.15) is 0 Å². The second kappa shape index (κ2) is 5.04. The van der Waals surface area contributed by atoms with E-state index in [4.69, 9.17) is 10.8 Å². The fourth-order valence-corrected chi connectivity index (χ4v) is 2.60. The molecular formula is C12H20N2O3. The minimum atomic E-state index is -0.806. The third kappa shape index (κ3) is 3.19. The van der Waals surface area contributed by atoms with Gasteiger partial charge in [0.2, 0.25) is 5.91 Å². The second-order valence-corrected chi connectivity index (χ2v) is 5.26. The maximum Gasteiger partial charge on any atom is 0.308 e. The number of carbonyl (C=O) groups excluding carboxylic acids is 1. The van der Waals surface area contributed by atoms with Crippen molar-refractivity contribution in [2.45, 2.75) is 50.6 Å². The molecule has 5 nitrogen and oxygen atoms in total. The first kappa shape index (κ1) is 12.4. The van der Waals surface area contributed by atoms with Gasteiger partial charge in [0.15, 0.2) is 0 Å². The monoisotopic (exact) mass is 240 g/mol. The average molecular weight is 240 g/mol. The smallest absolute Gasteiger partial charge is 0.308 e. The molecule has 0 spiro atoms. The Hall–Kier alpha value is -1.10. The van der Waals surface area contributed by atoms with E-state index >= 15 is 0 Å². The molecular weight excluding hydrogens is 220 g/mol. The highest BCUT2D eigenvalue weighted by Gasteiger charge is 2.35. The van der Waals surface area contributed by atoms with Crippen LogP contribution in [0.5, 0.6) is 0 Å². The summed E-state index contributed by atoms with van der Waals surface area (Å²) in [7, 11) is 0. The highest BCUT2D eigenvalue weighted by Crippen LogP contribution is 2.33. The topological polar surface area (TPSA) is 92.4 Å². The number of nitrogens with two attached hydrogens (primary N) is 1. The molecule has 3 atom stereocenters. The first-order valence-electron chi connectivity index (χ1n) is 6.35. The first-order valence-corrected chi connectivity index (χ1v) is 6.35. The third-order valence-corrected chi connectivity index (χ3v) is 3.83. The fraction of sp³-hybridized carbons (Fsp3) is 0.833. The van der Waals surface area contributed by atoms with Crippen molar-refractivity contribution in [2.75, 3.05) is 0 Å². The lowest BCUT2D eigenvalue weighted by molar-refractivity contribution is -0.142. The number of aliphatic carboxylic acids is 1. The van der Waals surface area contributed by atoms with Crippen LogP contribution in [0.1, 0.15) is 38.5 Å². The van der Waals surface area contributed by atoms with E-state index in [0.717, 1.165) is 25.7 Å². The highest BCUT2D eigenvalue weighted by atomic mass is 16.4. The highest BCUT2D eigenvalue weighted by molar-refractivity contribution is 5.78. The van der Waals surface area contributed by atoms with Crippen LogP contribution in [-0.4, -0.2) is 29.1 Å². The lowest BCUT2D eigenvalue weighted by atomic mass is 10.0. The largest absolute Gasteiger partial charge is 0.481 e. The molecule has 2 rings (SSSR count). The summed E-state index contributed by atoms with van der Waals surface area (Å²) in [4.78, 5) is 22.7. The fourth-order valence-electron chi connectivity index (χ4n) is 2.60. The molecule has 2 aliphatic rings. The van der Waals surface area contributed by atoms with Gasteiger partial charge in [-0.15, -0.1) is 0 Å². The molecule has 2 fully saturated rings. The van der Waals surface area contributed by atoms with Gasteiger partial charge in [0.1, 0.15) is 0 Å². The zero-order valence-electron chi connectivity index (χ0n) is 9.89. The predicted molar refractivity (Wildman–Crippen MR) is 62.2 cm³/mol. The minimum Gasteiger partial charge on any atom is -0.481 e. The Bertz CT molecular complexity index is 315. The van der Waals surface area contributed by atoms with Gasteiger partial charge in [-0.05, 0) is 31.6 Å². The maximum atomic E-state index is 11.7. The van der Waals surface area contributed by atoms with E-state index in [1.165, 1.54) is 0 Å². The van der Waals surface area contributed by atoms with Gasteiger partial charge in [0.25, 0.3) is 0 Å². The van der Waals surface area contributed by atoms with Crippen LogP contribution in [0.4, 0.5) is 0 Å². The zero-order chi connectivity index (χ0) is 12.4. The van der Waals surface area contributed by atoms with E-state index in [9.17, 15) is 9.59 Å². The lowest BCUT2D eigenvalue weighted by Gasteiger charge is -2.19. The predicted octanol–water partition coefficient (Wildman–Crippen LogP) is 0.483. The van der Waals surface area contributed by atoms with Crippen molar-refractivity contribution in [1.82, 2.24) is 5.32 Å². The number of carboxylic acids is 1. The Labute approximate surface area is 101 Å². The normalized spacial score (nSPS) is 29.9. The van der Waals surface area contributed by atoms with E-state index in [0.29, 0.717) is 18.8 Å². The third-order valence-electron chi connectivity index (χ3n) is 3.83. The summed E-state index contributed by atoms with van der Waals surface area (Å²) in [5.41, 5.74) is 5.87. The Morgan fingerprint density at radius 2 is 2.00 bits per heavy atom. The molecule has 4 N–H and O–H groups in total. The van der Waals surface area contributed by atoms with E-state index in [1.807, 2.05) is 0 Å². The molecule has 96 valence electrons. The van der Waals surface area contributed by atoms with Crippen LogP contribution < -0.4 is 11.1 Å². The number of hydrogen-bond acceptors (Lipinski definition) is 3. The molecule has 0 aromatic rings. The number of hydrogen-bond donors (Lipinski definition) is 3. The molecule has 0 aromatic carbocycles. The van der Waals surface area contributed by atoms with Crippen molar-refractivity contribution in [3.05, 3.63) is 0 Å². The number of carbonyl (C=O) groups is 2. The van der Waals surface area contributed by atoms with Crippen molar-refractivity contribution in [2.24, 2.45) is 17.6 Å². The SMILES string of the molecule is NC(CC(=O)NC1CCCC1C(=O)O)C1CC1. The summed E-state index contributed by atoms with van der Waals surface area (Å²) in [6.07, 6.45) is 4.87. The van der Waals surface area contributed by atoms with Gasteiger partial charge in [0.05, 0.1) is 5.92 Å². The molecule has 3 unspecified atom stereocenters. The molecule has 1 amide bonds. The van der Waals surface area contributed by atoms with E-state index in [1.54, 1.807) is 0 Å². The van der Waals surface area contributed by atoms with Crippen LogP contribution in [0.3, 0.4) is 0 Å². The van der Waals surface area contributed by atoms with E-state index < -0.39 is 11.9 Å². The van der Waals surface area contributed by atoms with Gasteiger partial charge in [-0.1, -0.05) is 6.42 Å². The van der Waals surface area contributed by atoms with E-state index in [-0.39, 0.29) is 18.0 Å². The second-order valence-electron chi connectivity index (χ2n) is 5.26. The van der Waals surface area contributed by atoms with Gasteiger partial charge >= 0.3 is 5.97 Å². The first-order chi connectivity index (χ1) is 8.08. The molecule has 2 saturated carbocycles. The van der Waals surface area contributed by atoms with Crippen LogP contribution >= 0.6 is 0 Å². The zero-order valence-corrected chi connectivity index (χ0v) is 9.89. The van der Waals surface area contributed by atoms with Crippen molar-refractivity contribution >= 4 is 11.9 Å². The van der Waals surface area contributed by atoms with Gasteiger partial charge in [-0.25, -0.2) is 0 Å². The number of carboxylic acid groups (broad SMARTS) is 1. The number of rotatable bonds is 5. The van der Waals surface area contributed by atoms with Gasteiger partial charge < -0.3 is 16.2 Å². The standard InChI is InChI=1S/C12H20N2O3/c13-9(7-4-5-7)6-11(15)14-10-3-1-2-8(10)12(16)17/h7-10H,1-6,13H2,(H,14,15)(H,16,17). The molecule has 0 bridgehead atoms. The van der Waals surface area contributed by atoms with Crippen LogP contribution in [0, 0.1) is 11.8 Å². The molecule has 2 aliphatic carbocycles.